The zero-order chi connectivity index (χ0) is 22.3. The molecule has 0 aromatic carbocycles. The number of ether oxygens (including phenoxy) is 1. The number of halogens is 2. The van der Waals surface area contributed by atoms with E-state index in [4.69, 9.17) is 4.74 Å². The molecule has 9 heteroatoms. The molecule has 0 atom stereocenters. The van der Waals surface area contributed by atoms with Gasteiger partial charge in [0.1, 0.15) is 5.82 Å². The van der Waals surface area contributed by atoms with Gasteiger partial charge in [-0.05, 0) is 29.7 Å². The van der Waals surface area contributed by atoms with E-state index in [9.17, 15) is 18.4 Å². The van der Waals surface area contributed by atoms with Crippen LogP contribution in [0.5, 0.6) is 5.88 Å². The van der Waals surface area contributed by atoms with Gasteiger partial charge in [-0.1, -0.05) is 27.7 Å². The summed E-state index contributed by atoms with van der Waals surface area (Å²) >= 11 is 0. The van der Waals surface area contributed by atoms with Crippen LogP contribution < -0.4 is 15.4 Å². The Balaban J connectivity index is 2.05. The molecule has 0 aliphatic carbocycles. The molecule has 30 heavy (non-hydrogen) atoms. The fraction of sp³-hybridized carbons (Fsp3) is 0.429. The highest BCUT2D eigenvalue weighted by Gasteiger charge is 2.15. The van der Waals surface area contributed by atoms with E-state index in [2.05, 4.69) is 20.6 Å². The molecule has 2 aromatic rings. The summed E-state index contributed by atoms with van der Waals surface area (Å²) in [6.45, 7) is 6.79. The SMILES string of the molecule is CC(C)C(=O)Nc1cc(C(=O)NCc2cnc(OCC(F)F)c(C(C)C)c2)ccn1. The number of anilines is 1. The minimum Gasteiger partial charge on any atom is -0.471 e. The van der Waals surface area contributed by atoms with Gasteiger partial charge in [0.15, 0.2) is 6.61 Å². The average Bonchev–Trinajstić information content (AvgIpc) is 2.70. The topological polar surface area (TPSA) is 93.2 Å². The summed E-state index contributed by atoms with van der Waals surface area (Å²) in [6, 6.07) is 4.81. The summed E-state index contributed by atoms with van der Waals surface area (Å²) in [5.41, 5.74) is 1.74. The number of hydrogen-bond acceptors (Lipinski definition) is 5. The van der Waals surface area contributed by atoms with E-state index >= 15 is 0 Å². The maximum absolute atomic E-state index is 12.5. The monoisotopic (exact) mass is 420 g/mol. The molecule has 0 aliphatic rings. The van der Waals surface area contributed by atoms with Crippen LogP contribution in [-0.2, 0) is 11.3 Å². The molecule has 0 bridgehead atoms. The van der Waals surface area contributed by atoms with Crippen LogP contribution in [0.1, 0.15) is 55.1 Å². The summed E-state index contributed by atoms with van der Waals surface area (Å²) in [4.78, 5) is 32.4. The maximum Gasteiger partial charge on any atom is 0.272 e. The molecule has 0 fully saturated rings. The zero-order valence-electron chi connectivity index (χ0n) is 17.4. The van der Waals surface area contributed by atoms with Crippen molar-refractivity contribution >= 4 is 17.6 Å². The van der Waals surface area contributed by atoms with Gasteiger partial charge in [0.2, 0.25) is 11.8 Å². The predicted octanol–water partition coefficient (Wildman–Crippen LogP) is 3.77. The normalized spacial score (nSPS) is 11.1. The van der Waals surface area contributed by atoms with Gasteiger partial charge in [0.25, 0.3) is 12.3 Å². The Kier molecular flexibility index (Phi) is 8.20. The second-order valence-corrected chi connectivity index (χ2v) is 7.35. The van der Waals surface area contributed by atoms with Crippen molar-refractivity contribution in [2.24, 2.45) is 5.92 Å². The predicted molar refractivity (Wildman–Crippen MR) is 109 cm³/mol. The van der Waals surface area contributed by atoms with Crippen LogP contribution in [0, 0.1) is 5.92 Å². The third-order valence-electron chi connectivity index (χ3n) is 4.15. The third-order valence-corrected chi connectivity index (χ3v) is 4.15. The van der Waals surface area contributed by atoms with E-state index in [0.29, 0.717) is 22.5 Å². The lowest BCUT2D eigenvalue weighted by Crippen LogP contribution is -2.24. The number of pyridine rings is 2. The van der Waals surface area contributed by atoms with Crippen molar-refractivity contribution in [3.63, 3.8) is 0 Å². The van der Waals surface area contributed by atoms with Crippen molar-refractivity contribution < 1.29 is 23.1 Å². The number of rotatable bonds is 9. The number of amides is 2. The van der Waals surface area contributed by atoms with Gasteiger partial charge >= 0.3 is 0 Å². The quantitative estimate of drug-likeness (QED) is 0.644. The Bertz CT molecular complexity index is 888. The molecule has 2 heterocycles. The van der Waals surface area contributed by atoms with E-state index in [0.717, 1.165) is 0 Å². The van der Waals surface area contributed by atoms with Crippen molar-refractivity contribution in [1.82, 2.24) is 15.3 Å². The standard InChI is InChI=1S/C21H26F2N4O3/c1-12(2)16-7-14(10-26-21(16)30-11-17(22)23)9-25-20(29)15-5-6-24-18(8-15)27-19(28)13(3)4/h5-8,10,12-13,17H,9,11H2,1-4H3,(H,25,29)(H,24,27,28). The van der Waals surface area contributed by atoms with Crippen LogP contribution in [0.4, 0.5) is 14.6 Å². The van der Waals surface area contributed by atoms with Crippen molar-refractivity contribution in [2.45, 2.75) is 46.6 Å². The van der Waals surface area contributed by atoms with Gasteiger partial charge in [0, 0.05) is 36.0 Å². The second kappa shape index (κ2) is 10.6. The molecule has 0 aliphatic heterocycles. The highest BCUT2D eigenvalue weighted by atomic mass is 19.3. The number of alkyl halides is 2. The van der Waals surface area contributed by atoms with E-state index in [-0.39, 0.29) is 36.1 Å². The Morgan fingerprint density at radius 2 is 1.87 bits per heavy atom. The molecule has 0 spiro atoms. The molecule has 2 amide bonds. The van der Waals surface area contributed by atoms with Crippen LogP contribution in [0.25, 0.3) is 0 Å². The first-order valence-corrected chi connectivity index (χ1v) is 9.62. The molecule has 0 unspecified atom stereocenters. The average molecular weight is 420 g/mol. The minimum absolute atomic E-state index is 0.00754. The Morgan fingerprint density at radius 3 is 2.50 bits per heavy atom. The fourth-order valence-corrected chi connectivity index (χ4v) is 2.48. The Morgan fingerprint density at radius 1 is 1.13 bits per heavy atom. The van der Waals surface area contributed by atoms with Crippen LogP contribution in [0.2, 0.25) is 0 Å². The summed E-state index contributed by atoms with van der Waals surface area (Å²) in [7, 11) is 0. The molecular formula is C21H26F2N4O3. The van der Waals surface area contributed by atoms with E-state index in [1.165, 1.54) is 18.5 Å². The van der Waals surface area contributed by atoms with Gasteiger partial charge in [-0.2, -0.15) is 0 Å². The number of aromatic nitrogens is 2. The number of nitrogens with one attached hydrogen (secondary N) is 2. The van der Waals surface area contributed by atoms with Crippen LogP contribution >= 0.6 is 0 Å². The maximum atomic E-state index is 12.5. The number of nitrogens with zero attached hydrogens (tertiary/aromatic N) is 2. The Labute approximate surface area is 174 Å². The molecule has 2 aromatic heterocycles. The third kappa shape index (κ3) is 6.75. The molecule has 7 nitrogen and oxygen atoms in total. The molecule has 0 radical (unpaired) electrons. The first-order chi connectivity index (χ1) is 14.2. The number of hydrogen-bond donors (Lipinski definition) is 2. The van der Waals surface area contributed by atoms with Gasteiger partial charge in [-0.25, -0.2) is 18.7 Å². The summed E-state index contributed by atoms with van der Waals surface area (Å²) in [5.74, 6) is -0.276. The van der Waals surface area contributed by atoms with Crippen molar-refractivity contribution in [2.75, 3.05) is 11.9 Å². The highest BCUT2D eigenvalue weighted by molar-refractivity contribution is 5.96. The lowest BCUT2D eigenvalue weighted by Gasteiger charge is -2.14. The zero-order valence-corrected chi connectivity index (χ0v) is 17.4. The smallest absolute Gasteiger partial charge is 0.272 e. The van der Waals surface area contributed by atoms with Gasteiger partial charge in [0.05, 0.1) is 0 Å². The fourth-order valence-electron chi connectivity index (χ4n) is 2.48. The van der Waals surface area contributed by atoms with E-state index in [1.54, 1.807) is 26.0 Å². The lowest BCUT2D eigenvalue weighted by molar-refractivity contribution is -0.118. The molecule has 0 saturated carbocycles. The van der Waals surface area contributed by atoms with Crippen LogP contribution in [-0.4, -0.2) is 34.8 Å². The minimum atomic E-state index is -2.58. The summed E-state index contributed by atoms with van der Waals surface area (Å²) in [5, 5.41) is 5.42. The summed E-state index contributed by atoms with van der Waals surface area (Å²) in [6.07, 6.45) is 0.341. The van der Waals surface area contributed by atoms with Crippen molar-refractivity contribution in [3.05, 3.63) is 47.3 Å². The van der Waals surface area contributed by atoms with Crippen LogP contribution in [0.3, 0.4) is 0 Å². The molecule has 162 valence electrons. The first kappa shape index (κ1) is 23.2. The Hall–Kier alpha value is -3.10. The lowest BCUT2D eigenvalue weighted by atomic mass is 10.0. The summed E-state index contributed by atoms with van der Waals surface area (Å²) < 4.78 is 29.9. The largest absolute Gasteiger partial charge is 0.471 e. The van der Waals surface area contributed by atoms with Gasteiger partial charge in [-0.15, -0.1) is 0 Å². The van der Waals surface area contributed by atoms with Crippen LogP contribution in [0.15, 0.2) is 30.6 Å². The van der Waals surface area contributed by atoms with E-state index in [1.807, 2.05) is 13.8 Å². The first-order valence-electron chi connectivity index (χ1n) is 9.62. The number of carbonyl (C=O) groups excluding carboxylic acids is 2. The second-order valence-electron chi connectivity index (χ2n) is 7.35. The molecule has 0 saturated heterocycles. The van der Waals surface area contributed by atoms with Crippen molar-refractivity contribution in [1.29, 1.82) is 0 Å². The highest BCUT2D eigenvalue weighted by Crippen LogP contribution is 2.25. The number of carbonyl (C=O) groups is 2. The molecular weight excluding hydrogens is 394 g/mol. The van der Waals surface area contributed by atoms with Gasteiger partial charge in [-0.3, -0.25) is 9.59 Å². The molecule has 2 rings (SSSR count). The van der Waals surface area contributed by atoms with Crippen molar-refractivity contribution in [3.8, 4) is 5.88 Å². The van der Waals surface area contributed by atoms with E-state index < -0.39 is 13.0 Å². The molecule has 2 N–H and O–H groups in total. The van der Waals surface area contributed by atoms with Gasteiger partial charge < -0.3 is 15.4 Å².